The first-order chi connectivity index (χ1) is 8.43. The smallest absolute Gasteiger partial charge is 0.193 e. The summed E-state index contributed by atoms with van der Waals surface area (Å²) in [5.41, 5.74) is 1.38. The van der Waals surface area contributed by atoms with Gasteiger partial charge < -0.3 is 5.32 Å². The van der Waals surface area contributed by atoms with Crippen LogP contribution < -0.4 is 5.32 Å². The molecule has 1 N–H and O–H groups in total. The predicted molar refractivity (Wildman–Crippen MR) is 71.6 cm³/mol. The summed E-state index contributed by atoms with van der Waals surface area (Å²) >= 11 is 1.73. The molecular formula is C13H19N3S. The van der Waals surface area contributed by atoms with Gasteiger partial charge in [0.05, 0.1) is 0 Å². The second-order valence-corrected chi connectivity index (χ2v) is 5.68. The van der Waals surface area contributed by atoms with Crippen molar-refractivity contribution in [2.24, 2.45) is 0 Å². The summed E-state index contributed by atoms with van der Waals surface area (Å²) in [4.78, 5) is 5.41. The summed E-state index contributed by atoms with van der Waals surface area (Å²) in [6, 6.07) is 0.765. The lowest BCUT2D eigenvalue weighted by Gasteiger charge is -2.22. The molecule has 1 fully saturated rings. The van der Waals surface area contributed by atoms with Crippen LogP contribution in [-0.2, 0) is 6.42 Å². The third kappa shape index (κ3) is 2.53. The number of thiazole rings is 1. The number of rotatable bonds is 4. The van der Waals surface area contributed by atoms with Gasteiger partial charge in [-0.25, -0.2) is 4.98 Å². The Morgan fingerprint density at radius 3 is 3.12 bits per heavy atom. The first kappa shape index (κ1) is 11.2. The van der Waals surface area contributed by atoms with Gasteiger partial charge in [0.15, 0.2) is 4.96 Å². The van der Waals surface area contributed by atoms with Gasteiger partial charge in [0.25, 0.3) is 0 Å². The highest BCUT2D eigenvalue weighted by atomic mass is 32.1. The van der Waals surface area contributed by atoms with E-state index in [0.29, 0.717) is 0 Å². The molecule has 4 heteroatoms. The lowest BCUT2D eigenvalue weighted by molar-refractivity contribution is 0.375. The molecule has 0 radical (unpaired) electrons. The third-order valence-electron chi connectivity index (χ3n) is 3.64. The fourth-order valence-electron chi connectivity index (χ4n) is 2.66. The highest BCUT2D eigenvalue weighted by Crippen LogP contribution is 2.18. The van der Waals surface area contributed by atoms with Gasteiger partial charge >= 0.3 is 0 Å². The number of fused-ring (bicyclic) bond motifs is 1. The van der Waals surface area contributed by atoms with Crippen LogP contribution in [0.2, 0.25) is 0 Å². The summed E-state index contributed by atoms with van der Waals surface area (Å²) in [5, 5.41) is 5.91. The minimum Gasteiger partial charge on any atom is -0.314 e. The lowest BCUT2D eigenvalue weighted by Crippen LogP contribution is -2.32. The van der Waals surface area contributed by atoms with E-state index in [9.17, 15) is 0 Å². The molecular weight excluding hydrogens is 230 g/mol. The molecule has 2 aromatic rings. The van der Waals surface area contributed by atoms with E-state index in [1.165, 1.54) is 37.8 Å². The van der Waals surface area contributed by atoms with E-state index in [2.05, 4.69) is 26.3 Å². The average Bonchev–Trinajstić information content (AvgIpc) is 2.95. The first-order valence-electron chi connectivity index (χ1n) is 6.56. The molecule has 0 spiro atoms. The number of hydrogen-bond acceptors (Lipinski definition) is 3. The fraction of sp³-hybridized carbons (Fsp3) is 0.615. The molecule has 3 nitrogen and oxygen atoms in total. The standard InChI is InChI=1S/C13H19N3S/c1-2-4-11(5-3-1)14-7-6-12-10-17-13-15-8-9-16(12)13/h8-11,14H,1-7H2. The number of aromatic nitrogens is 2. The van der Waals surface area contributed by atoms with Gasteiger partial charge in [-0.2, -0.15) is 0 Å². The zero-order valence-corrected chi connectivity index (χ0v) is 10.9. The van der Waals surface area contributed by atoms with Crippen LogP contribution in [0.1, 0.15) is 37.8 Å². The molecule has 0 amide bonds. The minimum atomic E-state index is 0.765. The highest BCUT2D eigenvalue weighted by Gasteiger charge is 2.12. The molecule has 0 saturated heterocycles. The Kier molecular flexibility index (Phi) is 3.43. The molecule has 0 atom stereocenters. The maximum absolute atomic E-state index is 4.30. The molecule has 0 aromatic carbocycles. The van der Waals surface area contributed by atoms with Gasteiger partial charge in [-0.05, 0) is 12.8 Å². The van der Waals surface area contributed by atoms with E-state index < -0.39 is 0 Å². The largest absolute Gasteiger partial charge is 0.314 e. The lowest BCUT2D eigenvalue weighted by atomic mass is 9.95. The molecule has 17 heavy (non-hydrogen) atoms. The predicted octanol–water partition coefficient (Wildman–Crippen LogP) is 2.86. The van der Waals surface area contributed by atoms with Crippen LogP contribution in [-0.4, -0.2) is 22.0 Å². The molecule has 0 bridgehead atoms. The zero-order valence-electron chi connectivity index (χ0n) is 10.1. The van der Waals surface area contributed by atoms with Gasteiger partial charge in [-0.3, -0.25) is 4.40 Å². The van der Waals surface area contributed by atoms with E-state index in [1.807, 2.05) is 6.20 Å². The summed E-state index contributed by atoms with van der Waals surface area (Å²) in [5.74, 6) is 0. The maximum Gasteiger partial charge on any atom is 0.193 e. The van der Waals surface area contributed by atoms with Crippen LogP contribution in [0.3, 0.4) is 0 Å². The topological polar surface area (TPSA) is 29.3 Å². The zero-order chi connectivity index (χ0) is 11.5. The van der Waals surface area contributed by atoms with Crippen molar-refractivity contribution in [3.63, 3.8) is 0 Å². The molecule has 2 aromatic heterocycles. The SMILES string of the molecule is c1cn2c(CCNC3CCCCC3)csc2n1. The first-order valence-corrected chi connectivity index (χ1v) is 7.44. The molecule has 0 aliphatic heterocycles. The summed E-state index contributed by atoms with van der Waals surface area (Å²) in [6.45, 7) is 1.09. The molecule has 1 aliphatic carbocycles. The van der Waals surface area contributed by atoms with Gasteiger partial charge in [0.2, 0.25) is 0 Å². The fourth-order valence-corrected chi connectivity index (χ4v) is 3.55. The highest BCUT2D eigenvalue weighted by molar-refractivity contribution is 7.15. The number of nitrogens with one attached hydrogen (secondary N) is 1. The quantitative estimate of drug-likeness (QED) is 0.903. The summed E-state index contributed by atoms with van der Waals surface area (Å²) < 4.78 is 2.20. The Balaban J connectivity index is 1.52. The third-order valence-corrected chi connectivity index (χ3v) is 4.54. The summed E-state index contributed by atoms with van der Waals surface area (Å²) in [6.07, 6.45) is 12.0. The van der Waals surface area contributed by atoms with E-state index in [4.69, 9.17) is 0 Å². The van der Waals surface area contributed by atoms with E-state index in [-0.39, 0.29) is 0 Å². The second kappa shape index (κ2) is 5.19. The Labute approximate surface area is 106 Å². The number of imidazole rings is 1. The van der Waals surface area contributed by atoms with Crippen LogP contribution in [0.25, 0.3) is 4.96 Å². The van der Waals surface area contributed by atoms with Crippen LogP contribution in [0, 0.1) is 0 Å². The normalized spacial score (nSPS) is 17.9. The monoisotopic (exact) mass is 249 g/mol. The Hall–Kier alpha value is -0.870. The van der Waals surface area contributed by atoms with Crippen molar-refractivity contribution >= 4 is 16.3 Å². The number of hydrogen-bond donors (Lipinski definition) is 1. The van der Waals surface area contributed by atoms with Gasteiger partial charge in [0.1, 0.15) is 0 Å². The Morgan fingerprint density at radius 1 is 1.35 bits per heavy atom. The van der Waals surface area contributed by atoms with Crippen LogP contribution in [0.4, 0.5) is 0 Å². The van der Waals surface area contributed by atoms with Crippen molar-refractivity contribution in [1.82, 2.24) is 14.7 Å². The van der Waals surface area contributed by atoms with Crippen molar-refractivity contribution in [1.29, 1.82) is 0 Å². The van der Waals surface area contributed by atoms with E-state index in [0.717, 1.165) is 24.0 Å². The minimum absolute atomic E-state index is 0.765. The summed E-state index contributed by atoms with van der Waals surface area (Å²) in [7, 11) is 0. The Bertz CT molecular complexity index is 468. The van der Waals surface area contributed by atoms with Crippen LogP contribution in [0.5, 0.6) is 0 Å². The van der Waals surface area contributed by atoms with Crippen molar-refractivity contribution in [2.75, 3.05) is 6.54 Å². The van der Waals surface area contributed by atoms with E-state index in [1.54, 1.807) is 11.3 Å². The molecule has 0 unspecified atom stereocenters. The van der Waals surface area contributed by atoms with Crippen LogP contribution in [0.15, 0.2) is 17.8 Å². The van der Waals surface area contributed by atoms with E-state index >= 15 is 0 Å². The molecule has 1 aliphatic rings. The van der Waals surface area contributed by atoms with Crippen LogP contribution >= 0.6 is 11.3 Å². The molecule has 2 heterocycles. The second-order valence-electron chi connectivity index (χ2n) is 4.85. The van der Waals surface area contributed by atoms with Gasteiger partial charge in [0, 0.05) is 42.5 Å². The molecule has 1 saturated carbocycles. The van der Waals surface area contributed by atoms with Crippen molar-refractivity contribution in [2.45, 2.75) is 44.6 Å². The average molecular weight is 249 g/mol. The Morgan fingerprint density at radius 2 is 2.24 bits per heavy atom. The van der Waals surface area contributed by atoms with Gasteiger partial charge in [-0.15, -0.1) is 11.3 Å². The maximum atomic E-state index is 4.30. The van der Waals surface area contributed by atoms with Gasteiger partial charge in [-0.1, -0.05) is 19.3 Å². The van der Waals surface area contributed by atoms with Crippen molar-refractivity contribution in [3.8, 4) is 0 Å². The van der Waals surface area contributed by atoms with Crippen molar-refractivity contribution in [3.05, 3.63) is 23.5 Å². The number of nitrogens with zero attached hydrogens (tertiary/aromatic N) is 2. The van der Waals surface area contributed by atoms with Crippen molar-refractivity contribution < 1.29 is 0 Å². The molecule has 3 rings (SSSR count). The molecule has 92 valence electrons.